The summed E-state index contributed by atoms with van der Waals surface area (Å²) in [4.78, 5) is 11.1. The van der Waals surface area contributed by atoms with Gasteiger partial charge in [0.2, 0.25) is 5.82 Å². The van der Waals surface area contributed by atoms with E-state index in [0.29, 0.717) is 0 Å². The average molecular weight is 201 g/mol. The fraction of sp³-hybridized carbons (Fsp3) is 0.571. The van der Waals surface area contributed by atoms with Crippen molar-refractivity contribution in [3.8, 4) is 0 Å². The molecule has 1 aromatic rings. The van der Waals surface area contributed by atoms with Gasteiger partial charge in [0.1, 0.15) is 6.33 Å². The lowest BCUT2D eigenvalue weighted by Crippen LogP contribution is -2.22. The number of aliphatic hydroxyl groups is 2. The summed E-state index contributed by atoms with van der Waals surface area (Å²) in [5.41, 5.74) is 0. The van der Waals surface area contributed by atoms with Crippen LogP contribution in [0.1, 0.15) is 10.6 Å². The number of carbonyl (C=O) groups excluding carboxylic acids is 1. The topological polar surface area (TPSA) is 97.5 Å². The van der Waals surface area contributed by atoms with Crippen LogP contribution < -0.4 is 0 Å². The molecule has 1 heterocycles. The molecule has 78 valence electrons. The first kappa shape index (κ1) is 10.6. The molecular weight excluding hydrogens is 190 g/mol. The summed E-state index contributed by atoms with van der Waals surface area (Å²) < 4.78 is 5.76. The number of methoxy groups -OCH3 is 1. The molecule has 0 aliphatic carbocycles. The molecule has 7 heteroatoms. The van der Waals surface area contributed by atoms with Gasteiger partial charge in [-0.25, -0.2) is 4.79 Å². The van der Waals surface area contributed by atoms with Gasteiger partial charge in [0.15, 0.2) is 0 Å². The molecule has 0 radical (unpaired) electrons. The molecule has 0 amide bonds. The smallest absolute Gasteiger partial charge is 0.376 e. The van der Waals surface area contributed by atoms with Crippen molar-refractivity contribution < 1.29 is 19.7 Å². The van der Waals surface area contributed by atoms with Crippen LogP contribution in [0, 0.1) is 0 Å². The summed E-state index contributed by atoms with van der Waals surface area (Å²) >= 11 is 0. The Balaban J connectivity index is 2.77. The first-order valence-corrected chi connectivity index (χ1v) is 3.94. The summed E-state index contributed by atoms with van der Waals surface area (Å²) in [5, 5.41) is 24.7. The van der Waals surface area contributed by atoms with E-state index in [0.717, 1.165) is 0 Å². The second kappa shape index (κ2) is 4.68. The fourth-order valence-corrected chi connectivity index (χ4v) is 0.923. The van der Waals surface area contributed by atoms with Crippen molar-refractivity contribution in [3.05, 3.63) is 12.2 Å². The molecule has 1 rings (SSSR count). The standard InChI is InChI=1S/C7H11N3O4/c1-14-7(13)6-9-8-4-10(6)2-5(12)3-11/h4-5,11-12H,2-3H2,1H3. The number of hydrogen-bond acceptors (Lipinski definition) is 6. The van der Waals surface area contributed by atoms with Crippen LogP contribution in [0.3, 0.4) is 0 Å². The second-order valence-electron chi connectivity index (χ2n) is 2.63. The molecule has 2 N–H and O–H groups in total. The zero-order chi connectivity index (χ0) is 10.6. The van der Waals surface area contributed by atoms with Crippen molar-refractivity contribution >= 4 is 5.97 Å². The van der Waals surface area contributed by atoms with Crippen molar-refractivity contribution in [1.29, 1.82) is 0 Å². The summed E-state index contributed by atoms with van der Waals surface area (Å²) in [6, 6.07) is 0. The van der Waals surface area contributed by atoms with E-state index < -0.39 is 18.7 Å². The number of carbonyl (C=O) groups is 1. The maximum atomic E-state index is 11.1. The van der Waals surface area contributed by atoms with Gasteiger partial charge in [0, 0.05) is 0 Å². The Kier molecular flexibility index (Phi) is 3.55. The molecule has 1 atom stereocenters. The highest BCUT2D eigenvalue weighted by molar-refractivity contribution is 5.85. The van der Waals surface area contributed by atoms with Gasteiger partial charge in [-0.1, -0.05) is 0 Å². The quantitative estimate of drug-likeness (QED) is 0.570. The van der Waals surface area contributed by atoms with Gasteiger partial charge in [-0.3, -0.25) is 0 Å². The molecule has 0 spiro atoms. The van der Waals surface area contributed by atoms with Gasteiger partial charge in [-0.15, -0.1) is 10.2 Å². The van der Waals surface area contributed by atoms with Gasteiger partial charge in [-0.2, -0.15) is 0 Å². The zero-order valence-corrected chi connectivity index (χ0v) is 7.62. The molecule has 0 saturated heterocycles. The second-order valence-corrected chi connectivity index (χ2v) is 2.63. The van der Waals surface area contributed by atoms with Crippen molar-refractivity contribution in [2.75, 3.05) is 13.7 Å². The number of aromatic nitrogens is 3. The minimum atomic E-state index is -0.950. The average Bonchev–Trinajstić information content (AvgIpc) is 2.64. The van der Waals surface area contributed by atoms with E-state index in [9.17, 15) is 4.79 Å². The molecule has 7 nitrogen and oxygen atoms in total. The van der Waals surface area contributed by atoms with Gasteiger partial charge < -0.3 is 19.5 Å². The van der Waals surface area contributed by atoms with Gasteiger partial charge in [0.05, 0.1) is 26.4 Å². The third-order valence-electron chi connectivity index (χ3n) is 1.60. The Labute approximate surface area is 79.9 Å². The monoisotopic (exact) mass is 201 g/mol. The molecule has 0 aromatic carbocycles. The number of esters is 1. The fourth-order valence-electron chi connectivity index (χ4n) is 0.923. The van der Waals surface area contributed by atoms with Crippen molar-refractivity contribution in [2.24, 2.45) is 0 Å². The summed E-state index contributed by atoms with van der Waals surface area (Å²) in [7, 11) is 1.23. The third kappa shape index (κ3) is 2.27. The molecule has 1 aromatic heterocycles. The Morgan fingerprint density at radius 2 is 2.50 bits per heavy atom. The van der Waals surface area contributed by atoms with Crippen LogP contribution in [-0.2, 0) is 11.3 Å². The summed E-state index contributed by atoms with van der Waals surface area (Å²) in [6.45, 7) is -0.341. The number of ether oxygens (including phenoxy) is 1. The van der Waals surface area contributed by atoms with Crippen molar-refractivity contribution in [3.63, 3.8) is 0 Å². The van der Waals surface area contributed by atoms with E-state index >= 15 is 0 Å². The van der Waals surface area contributed by atoms with Gasteiger partial charge >= 0.3 is 5.97 Å². The lowest BCUT2D eigenvalue weighted by molar-refractivity contribution is 0.0560. The molecule has 1 unspecified atom stereocenters. The van der Waals surface area contributed by atoms with Crippen LogP contribution in [0.5, 0.6) is 0 Å². The van der Waals surface area contributed by atoms with Gasteiger partial charge in [-0.05, 0) is 0 Å². The van der Waals surface area contributed by atoms with Crippen LogP contribution in [0.15, 0.2) is 6.33 Å². The van der Waals surface area contributed by atoms with E-state index in [1.165, 1.54) is 18.0 Å². The van der Waals surface area contributed by atoms with Gasteiger partial charge in [0.25, 0.3) is 0 Å². The molecule has 0 aliphatic rings. The highest BCUT2D eigenvalue weighted by Crippen LogP contribution is 1.99. The van der Waals surface area contributed by atoms with E-state index in [1.807, 2.05) is 0 Å². The first-order valence-electron chi connectivity index (χ1n) is 3.94. The van der Waals surface area contributed by atoms with E-state index in [4.69, 9.17) is 10.2 Å². The van der Waals surface area contributed by atoms with Crippen LogP contribution in [0.4, 0.5) is 0 Å². The maximum absolute atomic E-state index is 11.1. The molecule has 0 saturated carbocycles. The first-order chi connectivity index (χ1) is 6.69. The number of aliphatic hydroxyl groups excluding tert-OH is 2. The van der Waals surface area contributed by atoms with E-state index in [1.54, 1.807) is 0 Å². The third-order valence-corrected chi connectivity index (χ3v) is 1.60. The number of nitrogens with zero attached hydrogens (tertiary/aromatic N) is 3. The van der Waals surface area contributed by atoms with Crippen LogP contribution in [0.2, 0.25) is 0 Å². The largest absolute Gasteiger partial charge is 0.463 e. The zero-order valence-electron chi connectivity index (χ0n) is 7.62. The molecular formula is C7H11N3O4. The lowest BCUT2D eigenvalue weighted by atomic mass is 10.4. The van der Waals surface area contributed by atoms with Crippen LogP contribution in [-0.4, -0.2) is 50.8 Å². The summed E-state index contributed by atoms with van der Waals surface area (Å²) in [6.07, 6.45) is 0.333. The lowest BCUT2D eigenvalue weighted by Gasteiger charge is -2.08. The van der Waals surface area contributed by atoms with E-state index in [2.05, 4.69) is 14.9 Å². The number of hydrogen-bond donors (Lipinski definition) is 2. The predicted molar refractivity (Wildman–Crippen MR) is 44.5 cm³/mol. The number of rotatable bonds is 4. The molecule has 0 aliphatic heterocycles. The van der Waals surface area contributed by atoms with Crippen LogP contribution >= 0.6 is 0 Å². The highest BCUT2D eigenvalue weighted by atomic mass is 16.5. The Bertz CT molecular complexity index is 312. The highest BCUT2D eigenvalue weighted by Gasteiger charge is 2.15. The molecule has 0 fully saturated rings. The maximum Gasteiger partial charge on any atom is 0.376 e. The Morgan fingerprint density at radius 1 is 1.79 bits per heavy atom. The van der Waals surface area contributed by atoms with E-state index in [-0.39, 0.29) is 12.4 Å². The van der Waals surface area contributed by atoms with Crippen molar-refractivity contribution in [2.45, 2.75) is 12.6 Å². The minimum Gasteiger partial charge on any atom is -0.463 e. The minimum absolute atomic E-state index is 0.000000000000000222. The molecule has 14 heavy (non-hydrogen) atoms. The van der Waals surface area contributed by atoms with Crippen LogP contribution in [0.25, 0.3) is 0 Å². The normalized spacial score (nSPS) is 12.5. The summed E-state index contributed by atoms with van der Waals surface area (Å²) in [5.74, 6) is -0.632. The van der Waals surface area contributed by atoms with Crippen molar-refractivity contribution in [1.82, 2.24) is 14.8 Å². The SMILES string of the molecule is COC(=O)c1nncn1CC(O)CO. The Hall–Kier alpha value is -1.47. The predicted octanol–water partition coefficient (Wildman–Crippen LogP) is -1.58. The molecule has 0 bridgehead atoms. The Morgan fingerprint density at radius 3 is 3.07 bits per heavy atom.